The number of carbonyl (C=O) groups is 1. The molecule has 0 bridgehead atoms. The lowest BCUT2D eigenvalue weighted by atomic mass is 10.3. The number of nitro groups is 1. The number of benzene rings is 1. The van der Waals surface area contributed by atoms with E-state index in [1.165, 1.54) is 28.6 Å². The third-order valence-electron chi connectivity index (χ3n) is 4.04. The number of nitrogens with one attached hydrogen (secondary N) is 1. The second-order valence-corrected chi connectivity index (χ2v) is 7.64. The minimum Gasteiger partial charge on any atom is -0.383 e. The molecule has 0 aliphatic carbocycles. The fourth-order valence-electron chi connectivity index (χ4n) is 2.55. The largest absolute Gasteiger partial charge is 0.383 e. The molecular formula is C15H22N4O6S. The third-order valence-corrected chi connectivity index (χ3v) is 5.95. The van der Waals surface area contributed by atoms with Gasteiger partial charge < -0.3 is 15.0 Å². The summed E-state index contributed by atoms with van der Waals surface area (Å²) >= 11 is 0. The number of piperazine rings is 1. The normalized spacial score (nSPS) is 15.8. The van der Waals surface area contributed by atoms with E-state index in [1.807, 2.05) is 0 Å². The minimum atomic E-state index is -3.74. The molecule has 1 amide bonds. The van der Waals surface area contributed by atoms with E-state index >= 15 is 0 Å². The van der Waals surface area contributed by atoms with Crippen molar-refractivity contribution < 1.29 is 22.9 Å². The molecule has 1 aromatic rings. The number of non-ortho nitro benzene ring substituents is 1. The Morgan fingerprint density at radius 2 is 1.85 bits per heavy atom. The number of carbonyl (C=O) groups excluding carboxylic acids is 1. The van der Waals surface area contributed by atoms with Crippen LogP contribution in [0.25, 0.3) is 0 Å². The first-order valence-electron chi connectivity index (χ1n) is 8.08. The Kier molecular flexibility index (Phi) is 7.03. The molecular weight excluding hydrogens is 364 g/mol. The first-order chi connectivity index (χ1) is 12.4. The molecule has 26 heavy (non-hydrogen) atoms. The van der Waals surface area contributed by atoms with Crippen LogP contribution in [0.3, 0.4) is 0 Å². The van der Waals surface area contributed by atoms with Gasteiger partial charge in [0.25, 0.3) is 5.69 Å². The summed E-state index contributed by atoms with van der Waals surface area (Å²) < 4.78 is 31.4. The Labute approximate surface area is 151 Å². The Morgan fingerprint density at radius 1 is 1.23 bits per heavy atom. The fourth-order valence-corrected chi connectivity index (χ4v) is 3.97. The molecule has 0 atom stereocenters. The zero-order chi connectivity index (χ0) is 19.2. The molecule has 0 radical (unpaired) electrons. The van der Waals surface area contributed by atoms with Crippen LogP contribution in [-0.2, 0) is 19.6 Å². The van der Waals surface area contributed by atoms with E-state index < -0.39 is 14.9 Å². The SMILES string of the molecule is COCCNCC(=O)N1CCN(S(=O)(=O)c2ccc([N+](=O)[O-])cc2)CC1. The number of methoxy groups -OCH3 is 1. The highest BCUT2D eigenvalue weighted by molar-refractivity contribution is 7.89. The molecule has 1 aliphatic rings. The van der Waals surface area contributed by atoms with Crippen molar-refractivity contribution in [3.63, 3.8) is 0 Å². The number of sulfonamides is 1. The Balaban J connectivity index is 1.91. The summed E-state index contributed by atoms with van der Waals surface area (Å²) in [5, 5.41) is 13.6. The van der Waals surface area contributed by atoms with E-state index in [2.05, 4.69) is 5.32 Å². The Morgan fingerprint density at radius 3 is 2.38 bits per heavy atom. The van der Waals surface area contributed by atoms with Crippen molar-refractivity contribution in [1.29, 1.82) is 0 Å². The van der Waals surface area contributed by atoms with Crippen LogP contribution in [0, 0.1) is 10.1 Å². The van der Waals surface area contributed by atoms with Gasteiger partial charge >= 0.3 is 0 Å². The molecule has 0 spiro atoms. The second-order valence-electron chi connectivity index (χ2n) is 5.71. The standard InChI is InChI=1S/C15H22N4O6S/c1-25-11-6-16-12-15(20)17-7-9-18(10-8-17)26(23,24)14-4-2-13(3-5-14)19(21)22/h2-5,16H,6-12H2,1H3. The molecule has 1 aliphatic heterocycles. The number of nitro benzene ring substituents is 1. The molecule has 10 nitrogen and oxygen atoms in total. The van der Waals surface area contributed by atoms with Gasteiger partial charge in [-0.2, -0.15) is 4.31 Å². The van der Waals surface area contributed by atoms with E-state index in [0.717, 1.165) is 0 Å². The quantitative estimate of drug-likeness (QED) is 0.368. The van der Waals surface area contributed by atoms with Crippen molar-refractivity contribution in [2.24, 2.45) is 0 Å². The zero-order valence-corrected chi connectivity index (χ0v) is 15.3. The molecule has 2 rings (SSSR count). The predicted octanol–water partition coefficient (Wildman–Crippen LogP) is -0.336. The average Bonchev–Trinajstić information content (AvgIpc) is 2.65. The van der Waals surface area contributed by atoms with E-state index in [1.54, 1.807) is 12.0 Å². The van der Waals surface area contributed by atoms with Gasteiger partial charge in [-0.1, -0.05) is 0 Å². The number of rotatable bonds is 8. The summed E-state index contributed by atoms with van der Waals surface area (Å²) in [6.07, 6.45) is 0. The average molecular weight is 386 g/mol. The van der Waals surface area contributed by atoms with E-state index in [0.29, 0.717) is 26.2 Å². The van der Waals surface area contributed by atoms with Crippen molar-refractivity contribution in [3.05, 3.63) is 34.4 Å². The van der Waals surface area contributed by atoms with Gasteiger partial charge in [-0.15, -0.1) is 0 Å². The van der Waals surface area contributed by atoms with Crippen LogP contribution in [-0.4, -0.2) is 81.4 Å². The van der Waals surface area contributed by atoms with Crippen molar-refractivity contribution in [1.82, 2.24) is 14.5 Å². The van der Waals surface area contributed by atoms with Crippen molar-refractivity contribution in [3.8, 4) is 0 Å². The molecule has 1 saturated heterocycles. The van der Waals surface area contributed by atoms with Gasteiger partial charge in [0.2, 0.25) is 15.9 Å². The minimum absolute atomic E-state index is 0.00380. The smallest absolute Gasteiger partial charge is 0.269 e. The maximum absolute atomic E-state index is 12.6. The van der Waals surface area contributed by atoms with E-state index in [4.69, 9.17) is 4.74 Å². The number of hydrogen-bond donors (Lipinski definition) is 1. The lowest BCUT2D eigenvalue weighted by molar-refractivity contribution is -0.384. The van der Waals surface area contributed by atoms with Crippen molar-refractivity contribution in [2.45, 2.75) is 4.90 Å². The Bertz CT molecular complexity index is 729. The lowest BCUT2D eigenvalue weighted by Crippen LogP contribution is -2.52. The maximum atomic E-state index is 12.6. The van der Waals surface area contributed by atoms with Gasteiger partial charge in [0.05, 0.1) is 23.0 Å². The van der Waals surface area contributed by atoms with Crippen LogP contribution in [0.4, 0.5) is 5.69 Å². The molecule has 1 heterocycles. The van der Waals surface area contributed by atoms with Crippen LogP contribution in [0.2, 0.25) is 0 Å². The number of hydrogen-bond acceptors (Lipinski definition) is 7. The van der Waals surface area contributed by atoms with Crippen LogP contribution >= 0.6 is 0 Å². The van der Waals surface area contributed by atoms with Gasteiger partial charge in [-0.25, -0.2) is 8.42 Å². The third kappa shape index (κ3) is 4.97. The monoisotopic (exact) mass is 386 g/mol. The molecule has 1 N–H and O–H groups in total. The summed E-state index contributed by atoms with van der Waals surface area (Å²) in [6, 6.07) is 4.78. The molecule has 1 aromatic carbocycles. The lowest BCUT2D eigenvalue weighted by Gasteiger charge is -2.34. The molecule has 0 unspecified atom stereocenters. The topological polar surface area (TPSA) is 122 Å². The second kappa shape index (κ2) is 9.03. The number of ether oxygens (including phenoxy) is 1. The summed E-state index contributed by atoms with van der Waals surface area (Å²) in [7, 11) is -2.16. The van der Waals surface area contributed by atoms with Gasteiger partial charge in [0.1, 0.15) is 0 Å². The van der Waals surface area contributed by atoms with Crippen molar-refractivity contribution >= 4 is 21.6 Å². The highest BCUT2D eigenvalue weighted by Crippen LogP contribution is 2.20. The van der Waals surface area contributed by atoms with Crippen LogP contribution < -0.4 is 5.32 Å². The molecule has 0 saturated carbocycles. The number of nitrogens with zero attached hydrogens (tertiary/aromatic N) is 3. The first-order valence-corrected chi connectivity index (χ1v) is 9.52. The van der Waals surface area contributed by atoms with Gasteiger partial charge in [-0.05, 0) is 12.1 Å². The van der Waals surface area contributed by atoms with Gasteiger partial charge in [0.15, 0.2) is 0 Å². The highest BCUT2D eigenvalue weighted by atomic mass is 32.2. The fraction of sp³-hybridized carbons (Fsp3) is 0.533. The summed E-state index contributed by atoms with van der Waals surface area (Å²) in [6.45, 7) is 2.23. The summed E-state index contributed by atoms with van der Waals surface area (Å²) in [5.41, 5.74) is -0.166. The predicted molar refractivity (Wildman–Crippen MR) is 93.2 cm³/mol. The van der Waals surface area contributed by atoms with E-state index in [9.17, 15) is 23.3 Å². The van der Waals surface area contributed by atoms with Gasteiger partial charge in [-0.3, -0.25) is 14.9 Å². The summed E-state index contributed by atoms with van der Waals surface area (Å²) in [4.78, 5) is 23.8. The zero-order valence-electron chi connectivity index (χ0n) is 14.5. The van der Waals surface area contributed by atoms with Gasteiger partial charge in [0, 0.05) is 52.0 Å². The van der Waals surface area contributed by atoms with Crippen molar-refractivity contribution in [2.75, 3.05) is 53.0 Å². The first kappa shape index (κ1) is 20.2. The molecule has 144 valence electrons. The Hall–Kier alpha value is -2.08. The number of amides is 1. The van der Waals surface area contributed by atoms with E-state index in [-0.39, 0.29) is 36.1 Å². The van der Waals surface area contributed by atoms with Crippen LogP contribution in [0.15, 0.2) is 29.2 Å². The maximum Gasteiger partial charge on any atom is 0.269 e. The highest BCUT2D eigenvalue weighted by Gasteiger charge is 2.30. The molecule has 11 heteroatoms. The summed E-state index contributed by atoms with van der Waals surface area (Å²) in [5.74, 6) is -0.0894. The molecule has 1 fully saturated rings. The van der Waals surface area contributed by atoms with Crippen LogP contribution in [0.5, 0.6) is 0 Å². The van der Waals surface area contributed by atoms with Crippen LogP contribution in [0.1, 0.15) is 0 Å². The molecule has 0 aromatic heterocycles.